The summed E-state index contributed by atoms with van der Waals surface area (Å²) in [6.07, 6.45) is 0. The van der Waals surface area contributed by atoms with Crippen molar-refractivity contribution in [3.05, 3.63) is 41.5 Å². The molecule has 1 aromatic carbocycles. The molecule has 7 heteroatoms. The number of aryl methyl sites for hydroxylation is 1. The van der Waals surface area contributed by atoms with Crippen molar-refractivity contribution in [2.45, 2.75) is 25.5 Å². The summed E-state index contributed by atoms with van der Waals surface area (Å²) in [4.78, 5) is 13.1. The van der Waals surface area contributed by atoms with Gasteiger partial charge in [-0.15, -0.1) is 0 Å². The molecule has 5 rings (SSSR count). The fourth-order valence-electron chi connectivity index (χ4n) is 4.24. The Kier molecular flexibility index (Phi) is 4.21. The van der Waals surface area contributed by atoms with Crippen molar-refractivity contribution >= 4 is 39.4 Å². The lowest BCUT2D eigenvalue weighted by Crippen LogP contribution is -2.50. The van der Waals surface area contributed by atoms with Crippen molar-refractivity contribution in [3.8, 4) is 6.07 Å². The van der Waals surface area contributed by atoms with Gasteiger partial charge >= 0.3 is 0 Å². The maximum atomic E-state index is 9.72. The van der Waals surface area contributed by atoms with Gasteiger partial charge < -0.3 is 4.90 Å². The van der Waals surface area contributed by atoms with Crippen molar-refractivity contribution in [1.29, 1.82) is 5.26 Å². The van der Waals surface area contributed by atoms with E-state index < -0.39 is 0 Å². The van der Waals surface area contributed by atoms with Crippen LogP contribution in [-0.2, 0) is 0 Å². The number of thioether (sulfide) groups is 1. The Morgan fingerprint density at radius 3 is 2.59 bits per heavy atom. The number of nitrogens with one attached hydrogen (secondary N) is 1. The molecule has 0 amide bonds. The first-order valence-electron chi connectivity index (χ1n) is 10.1. The SMILES string of the molecule is Cc1cc(N2CCN(C3=NCC(C)(C)S3)CC2)[n+]2c([nH]c3ccccc32)c1C#N. The van der Waals surface area contributed by atoms with E-state index in [-0.39, 0.29) is 4.75 Å². The van der Waals surface area contributed by atoms with Crippen LogP contribution in [0.2, 0.25) is 0 Å². The van der Waals surface area contributed by atoms with Crippen LogP contribution in [0.5, 0.6) is 0 Å². The molecule has 0 radical (unpaired) electrons. The molecule has 0 aliphatic carbocycles. The lowest BCUT2D eigenvalue weighted by Gasteiger charge is -2.34. The summed E-state index contributed by atoms with van der Waals surface area (Å²) in [5.41, 5.74) is 4.75. The number of amidine groups is 1. The molecule has 1 fully saturated rings. The minimum absolute atomic E-state index is 0.211. The highest BCUT2D eigenvalue weighted by atomic mass is 32.2. The second-order valence-electron chi connectivity index (χ2n) is 8.43. The highest BCUT2D eigenvalue weighted by Gasteiger charge is 2.33. The lowest BCUT2D eigenvalue weighted by atomic mass is 10.1. The number of anilines is 1. The average Bonchev–Trinajstić information content (AvgIpc) is 3.27. The Morgan fingerprint density at radius 2 is 1.90 bits per heavy atom. The zero-order chi connectivity index (χ0) is 20.2. The van der Waals surface area contributed by atoms with E-state index in [1.807, 2.05) is 30.8 Å². The van der Waals surface area contributed by atoms with Gasteiger partial charge in [0.1, 0.15) is 22.7 Å². The molecule has 3 aromatic rings. The zero-order valence-electron chi connectivity index (χ0n) is 17.1. The number of aromatic nitrogens is 2. The number of hydrogen-bond acceptors (Lipinski definition) is 5. The summed E-state index contributed by atoms with van der Waals surface area (Å²) in [6.45, 7) is 11.2. The molecule has 1 saturated heterocycles. The number of nitrogens with zero attached hydrogens (tertiary/aromatic N) is 5. The number of piperazine rings is 1. The molecule has 29 heavy (non-hydrogen) atoms. The van der Waals surface area contributed by atoms with Crippen molar-refractivity contribution in [2.75, 3.05) is 37.6 Å². The smallest absolute Gasteiger partial charge is 0.250 e. The molecule has 6 nitrogen and oxygen atoms in total. The van der Waals surface area contributed by atoms with E-state index in [0.29, 0.717) is 5.56 Å². The van der Waals surface area contributed by atoms with Gasteiger partial charge in [0.25, 0.3) is 0 Å². The van der Waals surface area contributed by atoms with E-state index in [1.165, 1.54) is 5.17 Å². The number of H-pyrrole nitrogens is 1. The number of nitriles is 1. The van der Waals surface area contributed by atoms with Crippen LogP contribution in [0.1, 0.15) is 25.0 Å². The summed E-state index contributed by atoms with van der Waals surface area (Å²) in [7, 11) is 0. The number of pyridine rings is 1. The molecule has 0 spiro atoms. The summed E-state index contributed by atoms with van der Waals surface area (Å²) in [5, 5.41) is 10.9. The second-order valence-corrected chi connectivity index (χ2v) is 10.1. The van der Waals surface area contributed by atoms with E-state index in [9.17, 15) is 5.26 Å². The van der Waals surface area contributed by atoms with Gasteiger partial charge in [-0.2, -0.15) is 9.66 Å². The summed E-state index contributed by atoms with van der Waals surface area (Å²) < 4.78 is 2.42. The number of hydrogen-bond donors (Lipinski definition) is 1. The standard InChI is InChI=1S/C22H24N6S/c1-15-12-19(26-8-10-27(11-9-26)21-24-14-22(2,3)29-21)28-18-7-5-4-6-17(18)25-20(28)16(15)13-23/h4-7,12H,8-11,14H2,1-3H3/p+1. The van der Waals surface area contributed by atoms with Gasteiger partial charge in [-0.05, 0) is 38.5 Å². The van der Waals surface area contributed by atoms with Gasteiger partial charge in [0.15, 0.2) is 5.17 Å². The minimum atomic E-state index is 0.211. The van der Waals surface area contributed by atoms with Gasteiger partial charge in [0, 0.05) is 10.8 Å². The maximum absolute atomic E-state index is 9.72. The third kappa shape index (κ3) is 3.03. The minimum Gasteiger partial charge on any atom is -0.345 e. The van der Waals surface area contributed by atoms with E-state index in [0.717, 1.165) is 60.8 Å². The number of imidazole rings is 1. The van der Waals surface area contributed by atoms with Crippen LogP contribution in [0.4, 0.5) is 5.82 Å². The summed E-state index contributed by atoms with van der Waals surface area (Å²) in [6, 6.07) is 12.8. The van der Waals surface area contributed by atoms with E-state index in [2.05, 4.69) is 57.3 Å². The van der Waals surface area contributed by atoms with Crippen molar-refractivity contribution in [1.82, 2.24) is 9.88 Å². The first-order chi connectivity index (χ1) is 14.0. The van der Waals surface area contributed by atoms with Gasteiger partial charge in [0.2, 0.25) is 11.5 Å². The molecule has 0 unspecified atom stereocenters. The summed E-state index contributed by atoms with van der Waals surface area (Å²) in [5.74, 6) is 1.15. The third-order valence-electron chi connectivity index (χ3n) is 5.78. The molecule has 4 heterocycles. The molecule has 2 aliphatic rings. The van der Waals surface area contributed by atoms with Gasteiger partial charge in [-0.25, -0.2) is 0 Å². The molecule has 1 N–H and O–H groups in total. The monoisotopic (exact) mass is 405 g/mol. The van der Waals surface area contributed by atoms with Crippen molar-refractivity contribution in [3.63, 3.8) is 0 Å². The first kappa shape index (κ1) is 18.3. The Balaban J connectivity index is 1.51. The molecular formula is C22H25N6S+. The highest BCUT2D eigenvalue weighted by molar-refractivity contribution is 8.15. The van der Waals surface area contributed by atoms with Gasteiger partial charge in [0.05, 0.1) is 32.7 Å². The Labute approximate surface area is 174 Å². The number of benzene rings is 1. The molecule has 2 aliphatic heterocycles. The zero-order valence-corrected chi connectivity index (χ0v) is 17.9. The quantitative estimate of drug-likeness (QED) is 0.632. The predicted molar refractivity (Wildman–Crippen MR) is 119 cm³/mol. The van der Waals surface area contributed by atoms with Crippen LogP contribution in [-0.4, -0.2) is 52.5 Å². The number of para-hydroxylation sites is 2. The first-order valence-corrected chi connectivity index (χ1v) is 10.9. The third-order valence-corrected chi connectivity index (χ3v) is 7.03. The average molecular weight is 406 g/mol. The Hall–Kier alpha value is -2.72. The summed E-state index contributed by atoms with van der Waals surface area (Å²) >= 11 is 1.90. The Bertz CT molecular complexity index is 1180. The van der Waals surface area contributed by atoms with Crippen LogP contribution in [0.25, 0.3) is 16.7 Å². The van der Waals surface area contributed by atoms with Crippen LogP contribution in [0.3, 0.4) is 0 Å². The molecule has 0 saturated carbocycles. The number of rotatable bonds is 1. The van der Waals surface area contributed by atoms with Crippen LogP contribution in [0.15, 0.2) is 35.3 Å². The van der Waals surface area contributed by atoms with Crippen LogP contribution < -0.4 is 9.30 Å². The number of aliphatic imine (C=N–C) groups is 1. The molecule has 0 atom stereocenters. The number of aromatic amines is 1. The van der Waals surface area contributed by atoms with Crippen LogP contribution >= 0.6 is 11.8 Å². The van der Waals surface area contributed by atoms with E-state index in [4.69, 9.17) is 4.99 Å². The topological polar surface area (TPSA) is 62.5 Å². The normalized spacial score (nSPS) is 19.0. The fraction of sp³-hybridized carbons (Fsp3) is 0.409. The fourth-order valence-corrected chi connectivity index (χ4v) is 5.31. The molecule has 148 valence electrons. The maximum Gasteiger partial charge on any atom is 0.250 e. The van der Waals surface area contributed by atoms with Crippen molar-refractivity contribution < 1.29 is 4.40 Å². The largest absolute Gasteiger partial charge is 0.345 e. The van der Waals surface area contributed by atoms with E-state index in [1.54, 1.807) is 0 Å². The van der Waals surface area contributed by atoms with Gasteiger partial charge in [-0.1, -0.05) is 23.9 Å². The Morgan fingerprint density at radius 1 is 1.17 bits per heavy atom. The predicted octanol–water partition coefficient (Wildman–Crippen LogP) is 3.09. The molecule has 2 aromatic heterocycles. The lowest BCUT2D eigenvalue weighted by molar-refractivity contribution is -0.467. The number of fused-ring (bicyclic) bond motifs is 3. The van der Waals surface area contributed by atoms with Crippen LogP contribution in [0, 0.1) is 18.3 Å². The van der Waals surface area contributed by atoms with E-state index >= 15 is 0 Å². The molecular weight excluding hydrogens is 380 g/mol. The highest BCUT2D eigenvalue weighted by Crippen LogP contribution is 2.34. The second kappa shape index (κ2) is 6.67. The molecule has 0 bridgehead atoms. The van der Waals surface area contributed by atoms with Gasteiger partial charge in [-0.3, -0.25) is 14.9 Å². The van der Waals surface area contributed by atoms with Crippen molar-refractivity contribution in [2.24, 2.45) is 4.99 Å².